The summed E-state index contributed by atoms with van der Waals surface area (Å²) >= 11 is 0.866. The highest BCUT2D eigenvalue weighted by Crippen LogP contribution is 2.21. The second-order valence-electron chi connectivity index (χ2n) is 9.92. The lowest BCUT2D eigenvalue weighted by atomic mass is 10.2. The van der Waals surface area contributed by atoms with Crippen LogP contribution < -0.4 is 10.0 Å². The number of carbonyl (C=O) groups excluding carboxylic acids is 3. The van der Waals surface area contributed by atoms with Gasteiger partial charge in [0.2, 0.25) is 10.0 Å². The highest BCUT2D eigenvalue weighted by molar-refractivity contribution is 7.92. The fourth-order valence-electron chi connectivity index (χ4n) is 3.34. The molecule has 41 heavy (non-hydrogen) atoms. The number of amides is 1. The van der Waals surface area contributed by atoms with Gasteiger partial charge in [0.15, 0.2) is 9.84 Å². The van der Waals surface area contributed by atoms with Crippen molar-refractivity contribution in [1.82, 2.24) is 10.0 Å². The Kier molecular flexibility index (Phi) is 12.2. The van der Waals surface area contributed by atoms with E-state index in [-0.39, 0.29) is 32.0 Å². The van der Waals surface area contributed by atoms with Crippen LogP contribution in [0.4, 0.5) is 0 Å². The molecule has 2 atom stereocenters. The summed E-state index contributed by atoms with van der Waals surface area (Å²) in [6, 6.07) is 6.97. The van der Waals surface area contributed by atoms with E-state index in [1.54, 1.807) is 26.8 Å². The molecule has 16 heteroatoms. The molecule has 0 aliphatic carbocycles. The van der Waals surface area contributed by atoms with Gasteiger partial charge in [-0.2, -0.15) is 4.72 Å². The van der Waals surface area contributed by atoms with Gasteiger partial charge in [0, 0.05) is 35.1 Å². The first kappa shape index (κ1) is 34.5. The molecule has 0 saturated heterocycles. The number of nitrogens with one attached hydrogen (secondary N) is 2. The third-order valence-electron chi connectivity index (χ3n) is 5.12. The van der Waals surface area contributed by atoms with Gasteiger partial charge in [-0.05, 0) is 57.0 Å². The number of hydrogen-bond donors (Lipinski definition) is 2. The summed E-state index contributed by atoms with van der Waals surface area (Å²) in [7, 11) is -7.99. The number of thiophene rings is 1. The van der Waals surface area contributed by atoms with Crippen molar-refractivity contribution in [3.05, 3.63) is 46.8 Å². The molecular weight excluding hydrogens is 617 g/mol. The van der Waals surface area contributed by atoms with Crippen LogP contribution in [0.15, 0.2) is 45.5 Å². The van der Waals surface area contributed by atoms with Crippen LogP contribution in [0.5, 0.6) is 0 Å². The second kappa shape index (κ2) is 14.5. The molecule has 1 aromatic carbocycles. The first-order chi connectivity index (χ1) is 18.9. The predicted molar refractivity (Wildman–Crippen MR) is 154 cm³/mol. The van der Waals surface area contributed by atoms with E-state index in [2.05, 4.69) is 14.8 Å². The Morgan fingerprint density at radius 3 is 2.34 bits per heavy atom. The third-order valence-corrected chi connectivity index (χ3v) is 10.9. The molecular formula is C25H34N2O10S4. The van der Waals surface area contributed by atoms with Crippen LogP contribution in [0.3, 0.4) is 0 Å². The minimum atomic E-state index is -4.27. The van der Waals surface area contributed by atoms with Crippen LogP contribution >= 0.6 is 11.3 Å². The summed E-state index contributed by atoms with van der Waals surface area (Å²) < 4.78 is 73.8. The lowest BCUT2D eigenvalue weighted by Crippen LogP contribution is -2.43. The Hall–Kier alpha value is -2.66. The van der Waals surface area contributed by atoms with Gasteiger partial charge in [-0.3, -0.25) is 18.6 Å². The van der Waals surface area contributed by atoms with Crippen molar-refractivity contribution in [2.45, 2.75) is 60.1 Å². The number of sulfone groups is 1. The Morgan fingerprint density at radius 2 is 1.76 bits per heavy atom. The van der Waals surface area contributed by atoms with Gasteiger partial charge in [0.1, 0.15) is 15.9 Å². The van der Waals surface area contributed by atoms with E-state index >= 15 is 0 Å². The van der Waals surface area contributed by atoms with Crippen molar-refractivity contribution in [1.29, 1.82) is 0 Å². The number of esters is 2. The van der Waals surface area contributed by atoms with E-state index in [0.717, 1.165) is 24.7 Å². The van der Waals surface area contributed by atoms with Gasteiger partial charge in [0.25, 0.3) is 5.91 Å². The Balaban J connectivity index is 1.95. The zero-order chi connectivity index (χ0) is 31.0. The Bertz CT molecular complexity index is 1490. The maximum Gasteiger partial charge on any atom is 0.324 e. The molecule has 0 spiro atoms. The zero-order valence-electron chi connectivity index (χ0n) is 23.3. The van der Waals surface area contributed by atoms with Crippen LogP contribution in [0, 0.1) is 0 Å². The average Bonchev–Trinajstić information content (AvgIpc) is 3.36. The SMILES string of the molecule is COC(=O)[C@H](CC(=O)OC(C)(C)C)NS(=O)(=O)c1cccc(CS(=O)CCCNC(=O)c2ccc(S(C)(=O)=O)s2)c1. The molecule has 0 fully saturated rings. The molecule has 0 aliphatic rings. The largest absolute Gasteiger partial charge is 0.468 e. The Labute approximate surface area is 246 Å². The van der Waals surface area contributed by atoms with E-state index in [4.69, 9.17) is 4.74 Å². The highest BCUT2D eigenvalue weighted by atomic mass is 32.2. The van der Waals surface area contributed by atoms with E-state index in [1.165, 1.54) is 30.3 Å². The van der Waals surface area contributed by atoms with Gasteiger partial charge in [-0.1, -0.05) is 12.1 Å². The molecule has 2 aromatic rings. The van der Waals surface area contributed by atoms with Crippen molar-refractivity contribution in [2.24, 2.45) is 0 Å². The molecule has 0 bridgehead atoms. The average molecular weight is 651 g/mol. The van der Waals surface area contributed by atoms with Gasteiger partial charge >= 0.3 is 11.9 Å². The van der Waals surface area contributed by atoms with Crippen LogP contribution in [0.25, 0.3) is 0 Å². The lowest BCUT2D eigenvalue weighted by Gasteiger charge is -2.22. The van der Waals surface area contributed by atoms with Crippen LogP contribution in [0.2, 0.25) is 0 Å². The van der Waals surface area contributed by atoms with Crippen LogP contribution in [-0.4, -0.2) is 76.2 Å². The monoisotopic (exact) mass is 650 g/mol. The number of sulfonamides is 1. The normalized spacial score (nSPS) is 13.7. The number of benzene rings is 1. The number of ether oxygens (including phenoxy) is 2. The fraction of sp³-hybridized carbons (Fsp3) is 0.480. The zero-order valence-corrected chi connectivity index (χ0v) is 26.6. The van der Waals surface area contributed by atoms with Crippen molar-refractivity contribution in [2.75, 3.05) is 25.7 Å². The number of carbonyl (C=O) groups is 3. The third kappa shape index (κ3) is 11.6. The molecule has 1 aromatic heterocycles. The summed E-state index contributed by atoms with van der Waals surface area (Å²) in [6.07, 6.45) is 0.853. The predicted octanol–water partition coefficient (Wildman–Crippen LogP) is 1.77. The molecule has 2 N–H and O–H groups in total. The molecule has 1 heterocycles. The van der Waals surface area contributed by atoms with Crippen molar-refractivity contribution < 1.29 is 44.9 Å². The second-order valence-corrected chi connectivity index (χ2v) is 16.5. The standard InChI is InChI=1S/C25H34N2O10S4/c1-25(2,3)37-21(28)15-19(24(30)36-4)27-41(34,35)18-9-6-8-17(14-18)16-39(31)13-7-12-26-23(29)20-10-11-22(38-20)40(5,32)33/h6,8-11,14,19,27H,7,12-13,15-16H2,1-5H3,(H,26,29)/t19-,39?/m0/s1. The van der Waals surface area contributed by atoms with Gasteiger partial charge in [-0.25, -0.2) is 16.8 Å². The smallest absolute Gasteiger partial charge is 0.324 e. The summed E-state index contributed by atoms with van der Waals surface area (Å²) in [4.78, 5) is 36.7. The van der Waals surface area contributed by atoms with E-state index < -0.39 is 66.6 Å². The molecule has 1 amide bonds. The van der Waals surface area contributed by atoms with E-state index in [1.807, 2.05) is 0 Å². The molecule has 2 rings (SSSR count). The van der Waals surface area contributed by atoms with Crippen molar-refractivity contribution >= 4 is 59.8 Å². The number of hydrogen-bond acceptors (Lipinski definition) is 11. The van der Waals surface area contributed by atoms with Gasteiger partial charge in [-0.15, -0.1) is 11.3 Å². The van der Waals surface area contributed by atoms with Crippen LogP contribution in [-0.2, 0) is 55.5 Å². The minimum absolute atomic E-state index is 0.0400. The summed E-state index contributed by atoms with van der Waals surface area (Å²) in [5.74, 6) is -1.92. The number of methoxy groups -OCH3 is 1. The topological polar surface area (TPSA) is 179 Å². The fourth-order valence-corrected chi connectivity index (χ4v) is 7.60. The van der Waals surface area contributed by atoms with Gasteiger partial charge in [0.05, 0.1) is 23.3 Å². The molecule has 1 unspecified atom stereocenters. The molecule has 0 aliphatic heterocycles. The summed E-state index contributed by atoms with van der Waals surface area (Å²) in [6.45, 7) is 5.12. The summed E-state index contributed by atoms with van der Waals surface area (Å²) in [5, 5.41) is 2.65. The van der Waals surface area contributed by atoms with Crippen LogP contribution in [0.1, 0.15) is 48.8 Å². The van der Waals surface area contributed by atoms with E-state index in [0.29, 0.717) is 12.0 Å². The quantitative estimate of drug-likeness (QED) is 0.226. The molecule has 12 nitrogen and oxygen atoms in total. The molecule has 228 valence electrons. The minimum Gasteiger partial charge on any atom is -0.468 e. The first-order valence-electron chi connectivity index (χ1n) is 12.3. The van der Waals surface area contributed by atoms with Crippen molar-refractivity contribution in [3.8, 4) is 0 Å². The number of rotatable bonds is 14. The maximum atomic E-state index is 13.0. The summed E-state index contributed by atoms with van der Waals surface area (Å²) in [5.41, 5.74) is -0.371. The highest BCUT2D eigenvalue weighted by Gasteiger charge is 2.31. The first-order valence-corrected chi connectivity index (χ1v) is 17.9. The van der Waals surface area contributed by atoms with Crippen molar-refractivity contribution in [3.63, 3.8) is 0 Å². The Morgan fingerprint density at radius 1 is 1.07 bits per heavy atom. The van der Waals surface area contributed by atoms with E-state index in [9.17, 15) is 35.4 Å². The maximum absolute atomic E-state index is 13.0. The van der Waals surface area contributed by atoms with Gasteiger partial charge < -0.3 is 14.8 Å². The molecule has 0 radical (unpaired) electrons. The lowest BCUT2D eigenvalue weighted by molar-refractivity contribution is -0.158. The molecule has 0 saturated carbocycles.